The van der Waals surface area contributed by atoms with Gasteiger partial charge in [0, 0.05) is 21.0 Å². The molecule has 0 saturated carbocycles. The number of nitrogens with zero attached hydrogens (tertiary/aromatic N) is 1. The van der Waals surface area contributed by atoms with Crippen LogP contribution in [-0.4, -0.2) is 30.2 Å². The summed E-state index contributed by atoms with van der Waals surface area (Å²) in [5, 5.41) is 3.70. The number of thiophene rings is 1. The predicted octanol–water partition coefficient (Wildman–Crippen LogP) is 4.90. The number of carbonyl (C=O) groups is 2. The zero-order valence-corrected chi connectivity index (χ0v) is 18.2. The molecule has 154 valence electrons. The Labute approximate surface area is 177 Å². The van der Waals surface area contributed by atoms with E-state index in [-0.39, 0.29) is 29.5 Å². The topological polar surface area (TPSA) is 67.8 Å². The summed E-state index contributed by atoms with van der Waals surface area (Å²) in [6.45, 7) is 7.94. The van der Waals surface area contributed by atoms with Crippen molar-refractivity contribution in [1.29, 1.82) is 0 Å². The molecule has 0 bridgehead atoms. The van der Waals surface area contributed by atoms with Crippen molar-refractivity contribution in [3.63, 3.8) is 0 Å². The van der Waals surface area contributed by atoms with Crippen molar-refractivity contribution < 1.29 is 18.7 Å². The second-order valence-corrected chi connectivity index (χ2v) is 9.04. The molecule has 0 fully saturated rings. The van der Waals surface area contributed by atoms with Gasteiger partial charge in [-0.2, -0.15) is 0 Å². The molecule has 2 aromatic rings. The van der Waals surface area contributed by atoms with Gasteiger partial charge in [0.2, 0.25) is 5.91 Å². The molecule has 0 aliphatic carbocycles. The fraction of sp³-hybridized carbons (Fsp3) is 0.381. The van der Waals surface area contributed by atoms with Crippen molar-refractivity contribution in [2.75, 3.05) is 11.9 Å². The normalized spacial score (nSPS) is 16.2. The van der Waals surface area contributed by atoms with Crippen LogP contribution in [0.4, 0.5) is 9.39 Å². The van der Waals surface area contributed by atoms with E-state index in [2.05, 4.69) is 10.3 Å². The summed E-state index contributed by atoms with van der Waals surface area (Å²) >= 11 is 7.30. The number of benzene rings is 1. The van der Waals surface area contributed by atoms with Crippen LogP contribution in [0.3, 0.4) is 0 Å². The SMILES string of the molecule is Cc1sc2c(c1C)C(c1ccc(Cl)cc1F)=NC(CC(=O)OCC(C)C)C(=O)N2. The van der Waals surface area contributed by atoms with Gasteiger partial charge in [0.15, 0.2) is 0 Å². The Morgan fingerprint density at radius 2 is 2.10 bits per heavy atom. The van der Waals surface area contributed by atoms with E-state index in [0.29, 0.717) is 16.3 Å². The molecule has 3 rings (SSSR count). The lowest BCUT2D eigenvalue weighted by molar-refractivity contribution is -0.146. The van der Waals surface area contributed by atoms with E-state index in [4.69, 9.17) is 16.3 Å². The summed E-state index contributed by atoms with van der Waals surface area (Å²) in [5.74, 6) is -1.29. The number of hydrogen-bond donors (Lipinski definition) is 1. The molecule has 0 spiro atoms. The number of amides is 1. The lowest BCUT2D eigenvalue weighted by atomic mass is 9.99. The van der Waals surface area contributed by atoms with Crippen LogP contribution in [0.2, 0.25) is 5.02 Å². The molecule has 0 radical (unpaired) electrons. The van der Waals surface area contributed by atoms with Gasteiger partial charge >= 0.3 is 5.97 Å². The molecule has 1 aromatic carbocycles. The highest BCUT2D eigenvalue weighted by Gasteiger charge is 2.31. The first kappa shape index (κ1) is 21.5. The van der Waals surface area contributed by atoms with Crippen molar-refractivity contribution in [3.8, 4) is 0 Å². The molecule has 1 aromatic heterocycles. The fourth-order valence-corrected chi connectivity index (χ4v) is 4.20. The average Bonchev–Trinajstić information content (AvgIpc) is 2.83. The first-order valence-electron chi connectivity index (χ1n) is 9.27. The Balaban J connectivity index is 2.06. The molecule has 2 heterocycles. The molecule has 1 amide bonds. The second kappa shape index (κ2) is 8.63. The fourth-order valence-electron chi connectivity index (χ4n) is 2.97. The number of halogens is 2. The van der Waals surface area contributed by atoms with Crippen LogP contribution in [0, 0.1) is 25.6 Å². The maximum absolute atomic E-state index is 14.7. The van der Waals surface area contributed by atoms with E-state index in [0.717, 1.165) is 10.4 Å². The van der Waals surface area contributed by atoms with Gasteiger partial charge in [-0.25, -0.2) is 4.39 Å². The van der Waals surface area contributed by atoms with Crippen LogP contribution >= 0.6 is 22.9 Å². The van der Waals surface area contributed by atoms with Gasteiger partial charge in [0.25, 0.3) is 0 Å². The minimum atomic E-state index is -1.01. The van der Waals surface area contributed by atoms with Crippen LogP contribution in [0.15, 0.2) is 23.2 Å². The smallest absolute Gasteiger partial charge is 0.308 e. The quantitative estimate of drug-likeness (QED) is 0.677. The Morgan fingerprint density at radius 3 is 2.76 bits per heavy atom. The van der Waals surface area contributed by atoms with Crippen molar-refractivity contribution in [2.45, 2.75) is 40.2 Å². The van der Waals surface area contributed by atoms with E-state index in [1.165, 1.54) is 23.5 Å². The summed E-state index contributed by atoms with van der Waals surface area (Å²) in [4.78, 5) is 30.5. The lowest BCUT2D eigenvalue weighted by Gasteiger charge is -2.13. The van der Waals surface area contributed by atoms with Gasteiger partial charge in [-0.3, -0.25) is 14.6 Å². The van der Waals surface area contributed by atoms with Gasteiger partial charge in [-0.15, -0.1) is 11.3 Å². The number of rotatable bonds is 5. The number of anilines is 1. The third-order valence-corrected chi connectivity index (χ3v) is 5.93. The van der Waals surface area contributed by atoms with Crippen molar-refractivity contribution in [2.24, 2.45) is 10.9 Å². The highest BCUT2D eigenvalue weighted by Crippen LogP contribution is 2.37. The Morgan fingerprint density at radius 1 is 1.38 bits per heavy atom. The minimum absolute atomic E-state index is 0.182. The monoisotopic (exact) mass is 436 g/mol. The Hall–Kier alpha value is -2.25. The average molecular weight is 437 g/mol. The number of ether oxygens (including phenoxy) is 1. The number of hydrogen-bond acceptors (Lipinski definition) is 5. The van der Waals surface area contributed by atoms with Crippen molar-refractivity contribution in [3.05, 3.63) is 50.6 Å². The molecule has 8 heteroatoms. The van der Waals surface area contributed by atoms with E-state index < -0.39 is 23.7 Å². The van der Waals surface area contributed by atoms with E-state index in [1.54, 1.807) is 6.07 Å². The number of aryl methyl sites for hydroxylation is 1. The van der Waals surface area contributed by atoms with Gasteiger partial charge in [0.1, 0.15) is 16.9 Å². The van der Waals surface area contributed by atoms with Gasteiger partial charge in [0.05, 0.1) is 18.7 Å². The summed E-state index contributed by atoms with van der Waals surface area (Å²) in [6.07, 6.45) is -0.218. The van der Waals surface area contributed by atoms with Crippen molar-refractivity contribution >= 4 is 45.5 Å². The predicted molar refractivity (Wildman–Crippen MR) is 114 cm³/mol. The molecule has 1 N–H and O–H groups in total. The molecule has 0 saturated heterocycles. The van der Waals surface area contributed by atoms with Crippen LogP contribution < -0.4 is 5.32 Å². The largest absolute Gasteiger partial charge is 0.465 e. The minimum Gasteiger partial charge on any atom is -0.465 e. The summed E-state index contributed by atoms with van der Waals surface area (Å²) < 4.78 is 19.9. The van der Waals surface area contributed by atoms with Crippen LogP contribution in [0.25, 0.3) is 0 Å². The van der Waals surface area contributed by atoms with Gasteiger partial charge in [-0.1, -0.05) is 25.4 Å². The molecule has 1 aliphatic rings. The first-order chi connectivity index (χ1) is 13.7. The second-order valence-electron chi connectivity index (χ2n) is 7.38. The highest BCUT2D eigenvalue weighted by molar-refractivity contribution is 7.17. The van der Waals surface area contributed by atoms with Crippen molar-refractivity contribution in [1.82, 2.24) is 0 Å². The maximum atomic E-state index is 14.7. The third-order valence-electron chi connectivity index (χ3n) is 4.57. The molecule has 1 atom stereocenters. The van der Waals surface area contributed by atoms with E-state index >= 15 is 0 Å². The summed E-state index contributed by atoms with van der Waals surface area (Å²) in [5.41, 5.74) is 2.13. The number of nitrogens with one attached hydrogen (secondary N) is 1. The molecule has 29 heavy (non-hydrogen) atoms. The van der Waals surface area contributed by atoms with Crippen LogP contribution in [0.5, 0.6) is 0 Å². The number of carbonyl (C=O) groups excluding carboxylic acids is 2. The molecule has 1 unspecified atom stereocenters. The van der Waals surface area contributed by atoms with Gasteiger partial charge in [-0.05, 0) is 43.5 Å². The Bertz CT molecular complexity index is 1000. The zero-order valence-electron chi connectivity index (χ0n) is 16.6. The van der Waals surface area contributed by atoms with E-state index in [1.807, 2.05) is 27.7 Å². The van der Waals surface area contributed by atoms with Crippen LogP contribution in [0.1, 0.15) is 41.8 Å². The molecule has 5 nitrogen and oxygen atoms in total. The van der Waals surface area contributed by atoms with Gasteiger partial charge < -0.3 is 10.1 Å². The zero-order chi connectivity index (χ0) is 21.3. The number of esters is 1. The molecular formula is C21H22ClFN2O3S. The maximum Gasteiger partial charge on any atom is 0.308 e. The lowest BCUT2D eigenvalue weighted by Crippen LogP contribution is -2.29. The molecule has 1 aliphatic heterocycles. The summed E-state index contributed by atoms with van der Waals surface area (Å²) in [7, 11) is 0. The number of aliphatic imine (C=N–C) groups is 1. The Kier molecular flexibility index (Phi) is 6.39. The third kappa shape index (κ3) is 4.67. The molecular weight excluding hydrogens is 415 g/mol. The van der Waals surface area contributed by atoms with Crippen LogP contribution in [-0.2, 0) is 14.3 Å². The standard InChI is InChI=1S/C21H22ClFN2O3S/c1-10(2)9-28-17(26)8-16-20(27)25-21-18(11(3)12(4)29-21)19(24-16)14-6-5-13(22)7-15(14)23/h5-7,10,16H,8-9H2,1-4H3,(H,25,27). The highest BCUT2D eigenvalue weighted by atomic mass is 35.5. The summed E-state index contributed by atoms with van der Waals surface area (Å²) in [6, 6.07) is 3.30. The number of fused-ring (bicyclic) bond motifs is 1. The van der Waals surface area contributed by atoms with E-state index in [9.17, 15) is 14.0 Å². The first-order valence-corrected chi connectivity index (χ1v) is 10.5.